The molecule has 0 amide bonds. The molecule has 0 saturated carbocycles. The number of phenols is 1. The number of H-pyrrole nitrogens is 1. The third-order valence-corrected chi connectivity index (χ3v) is 6.78. The van der Waals surface area contributed by atoms with E-state index in [0.29, 0.717) is 35.3 Å². The molecule has 0 bridgehead atoms. The molecule has 5 nitrogen and oxygen atoms in total. The maximum Gasteiger partial charge on any atom is 0.257 e. The predicted molar refractivity (Wildman–Crippen MR) is 129 cm³/mol. The monoisotopic (exact) mass is 439 g/mol. The van der Waals surface area contributed by atoms with Crippen LogP contribution in [0.5, 0.6) is 11.5 Å². The van der Waals surface area contributed by atoms with Crippen molar-refractivity contribution >= 4 is 0 Å². The molecule has 5 heteroatoms. The number of aromatic hydroxyl groups is 2. The van der Waals surface area contributed by atoms with Gasteiger partial charge in [-0.15, -0.1) is 0 Å². The molecule has 1 aromatic carbocycles. The van der Waals surface area contributed by atoms with E-state index >= 15 is 0 Å². The van der Waals surface area contributed by atoms with Crippen molar-refractivity contribution in [1.29, 1.82) is 0 Å². The van der Waals surface area contributed by atoms with Crippen LogP contribution in [0.3, 0.4) is 0 Å². The van der Waals surface area contributed by atoms with Crippen molar-refractivity contribution in [2.24, 2.45) is 17.8 Å². The second-order valence-electron chi connectivity index (χ2n) is 9.58. The lowest BCUT2D eigenvalue weighted by molar-refractivity contribution is -0.0630. The molecule has 32 heavy (non-hydrogen) atoms. The molecule has 1 aliphatic rings. The minimum Gasteiger partial charge on any atom is -0.508 e. The van der Waals surface area contributed by atoms with Gasteiger partial charge in [0, 0.05) is 11.8 Å². The molecule has 0 unspecified atom stereocenters. The number of rotatable bonds is 7. The Hall–Kier alpha value is -2.53. The number of benzene rings is 1. The fourth-order valence-corrected chi connectivity index (χ4v) is 4.82. The number of allylic oxidation sites excluding steroid dienone is 1. The number of phenolic OH excluding ortho intramolecular Hbond substituents is 1. The van der Waals surface area contributed by atoms with Crippen LogP contribution < -0.4 is 5.56 Å². The lowest BCUT2D eigenvalue weighted by atomic mass is 9.85. The second-order valence-corrected chi connectivity index (χ2v) is 9.58. The molecule has 1 aliphatic heterocycles. The van der Waals surface area contributed by atoms with E-state index in [-0.39, 0.29) is 28.7 Å². The molecule has 5 atom stereocenters. The summed E-state index contributed by atoms with van der Waals surface area (Å²) in [5.41, 5.74) is 2.40. The molecule has 174 valence electrons. The summed E-state index contributed by atoms with van der Waals surface area (Å²) < 4.78 is 6.46. The van der Waals surface area contributed by atoms with Crippen LogP contribution in [0.2, 0.25) is 0 Å². The van der Waals surface area contributed by atoms with Gasteiger partial charge >= 0.3 is 0 Å². The first kappa shape index (κ1) is 24.1. The van der Waals surface area contributed by atoms with Gasteiger partial charge < -0.3 is 19.9 Å². The lowest BCUT2D eigenvalue weighted by Gasteiger charge is -2.36. The fourth-order valence-electron chi connectivity index (χ4n) is 4.82. The number of pyridine rings is 1. The number of hydrogen-bond donors (Lipinski definition) is 3. The van der Waals surface area contributed by atoms with Crippen LogP contribution in [0.25, 0.3) is 11.1 Å². The summed E-state index contributed by atoms with van der Waals surface area (Å²) >= 11 is 0. The molecule has 2 aromatic rings. The van der Waals surface area contributed by atoms with E-state index < -0.39 is 6.10 Å². The molecule has 1 saturated heterocycles. The highest BCUT2D eigenvalue weighted by molar-refractivity contribution is 5.71. The number of ether oxygens (including phenoxy) is 1. The van der Waals surface area contributed by atoms with Gasteiger partial charge in [0.15, 0.2) is 0 Å². The molecule has 2 heterocycles. The average molecular weight is 440 g/mol. The molecule has 3 N–H and O–H groups in total. The smallest absolute Gasteiger partial charge is 0.257 e. The van der Waals surface area contributed by atoms with E-state index in [1.165, 1.54) is 18.2 Å². The topological polar surface area (TPSA) is 82.5 Å². The first-order valence-electron chi connectivity index (χ1n) is 11.8. The van der Waals surface area contributed by atoms with Gasteiger partial charge in [0.2, 0.25) is 0 Å². The highest BCUT2D eigenvalue weighted by atomic mass is 16.5. The van der Waals surface area contributed by atoms with Crippen molar-refractivity contribution in [3.05, 3.63) is 58.0 Å². The Morgan fingerprint density at radius 1 is 1.22 bits per heavy atom. The van der Waals surface area contributed by atoms with E-state index in [2.05, 4.69) is 45.7 Å². The standard InChI is InChI=1S/C27H37NO4/c1-6-16(2)13-17(3)14-19(5)26-18(4)7-12-23(32-26)24-25(30)22(15-28-27(24)31)20-8-10-21(29)11-9-20/h8-11,14-18,23,26,29H,6-7,12-13H2,1-5H3,(H2,28,30,31)/b19-14+/t16-,17+,18+,23-,26+/m0/s1. The SMILES string of the molecule is CC[C@H](C)C[C@@H](C)/C=C(\C)[C@@H]1O[C@H](c2c(O)c(-c3ccc(O)cc3)c[nH]c2=O)CC[C@H]1C. The Morgan fingerprint density at radius 3 is 2.56 bits per heavy atom. The Balaban J connectivity index is 1.88. The lowest BCUT2D eigenvalue weighted by Crippen LogP contribution is -2.33. The zero-order valence-corrected chi connectivity index (χ0v) is 19.9. The number of nitrogens with one attached hydrogen (secondary N) is 1. The Kier molecular flexibility index (Phi) is 7.83. The van der Waals surface area contributed by atoms with E-state index in [9.17, 15) is 15.0 Å². The Morgan fingerprint density at radius 2 is 1.91 bits per heavy atom. The third-order valence-electron chi connectivity index (χ3n) is 6.78. The molecule has 3 rings (SSSR count). The first-order chi connectivity index (χ1) is 15.2. The van der Waals surface area contributed by atoms with Crippen molar-refractivity contribution < 1.29 is 14.9 Å². The van der Waals surface area contributed by atoms with Crippen molar-refractivity contribution in [1.82, 2.24) is 4.98 Å². The highest BCUT2D eigenvalue weighted by Gasteiger charge is 2.33. The van der Waals surface area contributed by atoms with Gasteiger partial charge in [-0.1, -0.05) is 52.3 Å². The van der Waals surface area contributed by atoms with Crippen molar-refractivity contribution in [3.8, 4) is 22.6 Å². The Bertz CT molecular complexity index is 992. The molecule has 0 spiro atoms. The number of aromatic amines is 1. The normalized spacial score (nSPS) is 23.7. The van der Waals surface area contributed by atoms with Crippen LogP contribution in [-0.2, 0) is 4.74 Å². The van der Waals surface area contributed by atoms with E-state index in [4.69, 9.17) is 4.74 Å². The average Bonchev–Trinajstić information content (AvgIpc) is 2.75. The Labute approximate surface area is 191 Å². The van der Waals surface area contributed by atoms with Gasteiger partial charge in [-0.2, -0.15) is 0 Å². The summed E-state index contributed by atoms with van der Waals surface area (Å²) in [6.07, 6.45) is 7.20. The summed E-state index contributed by atoms with van der Waals surface area (Å²) in [6.45, 7) is 11.1. The maximum atomic E-state index is 12.7. The molecule has 1 aromatic heterocycles. The predicted octanol–water partition coefficient (Wildman–Crippen LogP) is 6.33. The molecular formula is C27H37NO4. The summed E-state index contributed by atoms with van der Waals surface area (Å²) in [7, 11) is 0. The summed E-state index contributed by atoms with van der Waals surface area (Å²) in [5.74, 6) is 1.60. The number of aromatic nitrogens is 1. The van der Waals surface area contributed by atoms with Crippen molar-refractivity contribution in [2.45, 2.75) is 72.5 Å². The van der Waals surface area contributed by atoms with Gasteiger partial charge in [-0.3, -0.25) is 4.79 Å². The van der Waals surface area contributed by atoms with Crippen LogP contribution in [-0.4, -0.2) is 21.3 Å². The van der Waals surface area contributed by atoms with Crippen LogP contribution >= 0.6 is 0 Å². The van der Waals surface area contributed by atoms with Gasteiger partial charge in [0.1, 0.15) is 11.5 Å². The highest BCUT2D eigenvalue weighted by Crippen LogP contribution is 2.41. The van der Waals surface area contributed by atoms with Gasteiger partial charge in [-0.05, 0) is 67.2 Å². The molecule has 1 fully saturated rings. The van der Waals surface area contributed by atoms with Gasteiger partial charge in [0.05, 0.1) is 17.8 Å². The summed E-state index contributed by atoms with van der Waals surface area (Å²) in [4.78, 5) is 15.5. The third kappa shape index (κ3) is 5.44. The largest absolute Gasteiger partial charge is 0.508 e. The van der Waals surface area contributed by atoms with Crippen molar-refractivity contribution in [2.75, 3.05) is 0 Å². The fraction of sp³-hybridized carbons (Fsp3) is 0.519. The molecule has 0 aliphatic carbocycles. The van der Waals surface area contributed by atoms with Crippen LogP contribution in [0.4, 0.5) is 0 Å². The maximum absolute atomic E-state index is 12.7. The van der Waals surface area contributed by atoms with E-state index in [1.54, 1.807) is 24.3 Å². The van der Waals surface area contributed by atoms with Gasteiger partial charge in [0.25, 0.3) is 5.56 Å². The minimum atomic E-state index is -0.467. The van der Waals surface area contributed by atoms with Gasteiger partial charge in [-0.25, -0.2) is 0 Å². The zero-order valence-electron chi connectivity index (χ0n) is 19.9. The van der Waals surface area contributed by atoms with E-state index in [0.717, 1.165) is 12.8 Å². The number of hydrogen-bond acceptors (Lipinski definition) is 4. The van der Waals surface area contributed by atoms with Crippen molar-refractivity contribution in [3.63, 3.8) is 0 Å². The van der Waals surface area contributed by atoms with Crippen LogP contribution in [0.1, 0.15) is 72.0 Å². The van der Waals surface area contributed by atoms with Crippen LogP contribution in [0.15, 0.2) is 46.9 Å². The first-order valence-corrected chi connectivity index (χ1v) is 11.8. The van der Waals surface area contributed by atoms with Crippen LogP contribution in [0, 0.1) is 17.8 Å². The second kappa shape index (κ2) is 10.4. The zero-order chi connectivity index (χ0) is 23.4. The molecular weight excluding hydrogens is 402 g/mol. The minimum absolute atomic E-state index is 0.0514. The summed E-state index contributed by atoms with van der Waals surface area (Å²) in [5, 5.41) is 20.6. The quantitative estimate of drug-likeness (QED) is 0.440. The molecule has 0 radical (unpaired) electrons. The summed E-state index contributed by atoms with van der Waals surface area (Å²) in [6, 6.07) is 6.54. The van der Waals surface area contributed by atoms with E-state index in [1.807, 2.05) is 0 Å².